The van der Waals surface area contributed by atoms with E-state index in [1.165, 1.54) is 11.1 Å². The summed E-state index contributed by atoms with van der Waals surface area (Å²) in [4.78, 5) is 4.94. The van der Waals surface area contributed by atoms with Crippen molar-refractivity contribution in [1.82, 2.24) is 9.38 Å². The number of rotatable bonds is 3. The van der Waals surface area contributed by atoms with Gasteiger partial charge in [-0.3, -0.25) is 4.40 Å². The van der Waals surface area contributed by atoms with Gasteiger partial charge in [0.25, 0.3) is 0 Å². The highest BCUT2D eigenvalue weighted by Crippen LogP contribution is 2.34. The molecule has 0 unspecified atom stereocenters. The molecule has 2 nitrogen and oxygen atoms in total. The smallest absolute Gasteiger partial charge is 0.146 e. The summed E-state index contributed by atoms with van der Waals surface area (Å²) in [6.45, 7) is 8.11. The molecule has 2 aromatic heterocycles. The van der Waals surface area contributed by atoms with Gasteiger partial charge in [0.2, 0.25) is 0 Å². The Bertz CT molecular complexity index is 1340. The Labute approximate surface area is 157 Å². The van der Waals surface area contributed by atoms with Gasteiger partial charge in [0.1, 0.15) is 5.65 Å². The summed E-state index contributed by atoms with van der Waals surface area (Å²) in [6.07, 6.45) is 3.80. The zero-order valence-electron chi connectivity index (χ0n) is 14.9. The average Bonchev–Trinajstić information content (AvgIpc) is 3.12. The lowest BCUT2D eigenvalue weighted by molar-refractivity contribution is 1.21. The van der Waals surface area contributed by atoms with Gasteiger partial charge in [-0.2, -0.15) is 0 Å². The van der Waals surface area contributed by atoms with Crippen LogP contribution in [0, 0.1) is 0 Å². The molecule has 0 amide bonds. The van der Waals surface area contributed by atoms with Gasteiger partial charge in [-0.15, -0.1) is 0 Å². The molecule has 0 bridgehead atoms. The molecule has 3 aromatic carbocycles. The lowest BCUT2D eigenvalue weighted by Gasteiger charge is -2.13. The summed E-state index contributed by atoms with van der Waals surface area (Å²) in [5.74, 6) is 0. The minimum atomic E-state index is 0.949. The quantitative estimate of drug-likeness (QED) is 0.360. The highest BCUT2D eigenvalue weighted by Gasteiger charge is 2.15. The van der Waals surface area contributed by atoms with E-state index >= 15 is 0 Å². The predicted molar refractivity (Wildman–Crippen MR) is 116 cm³/mol. The number of hydrogen-bond acceptors (Lipinski definition) is 1. The molecule has 0 fully saturated rings. The summed E-state index contributed by atoms with van der Waals surface area (Å²) in [7, 11) is 0. The molecular weight excluding hydrogens is 328 g/mol. The van der Waals surface area contributed by atoms with Crippen LogP contribution in [-0.2, 0) is 0 Å². The summed E-state index contributed by atoms with van der Waals surface area (Å²) in [6, 6.07) is 25.2. The molecule has 5 aromatic rings. The molecule has 5 rings (SSSR count). The van der Waals surface area contributed by atoms with Gasteiger partial charge in [-0.05, 0) is 40.8 Å². The van der Waals surface area contributed by atoms with Crippen molar-refractivity contribution in [2.24, 2.45) is 0 Å². The minimum Gasteiger partial charge on any atom is -0.292 e. The fourth-order valence-corrected chi connectivity index (χ4v) is 3.90. The number of para-hydroxylation sites is 2. The third-order valence-electron chi connectivity index (χ3n) is 5.13. The first-order chi connectivity index (χ1) is 13.3. The van der Waals surface area contributed by atoms with Gasteiger partial charge < -0.3 is 0 Å². The predicted octanol–water partition coefficient (Wildman–Crippen LogP) is 6.59. The molecule has 128 valence electrons. The van der Waals surface area contributed by atoms with Crippen molar-refractivity contribution >= 4 is 39.6 Å². The van der Waals surface area contributed by atoms with Crippen LogP contribution in [0.1, 0.15) is 11.3 Å². The Hall–Kier alpha value is -3.65. The number of fused-ring (bicyclic) bond motifs is 5. The molecule has 0 spiro atoms. The zero-order valence-corrected chi connectivity index (χ0v) is 14.9. The van der Waals surface area contributed by atoms with Gasteiger partial charge in [-0.1, -0.05) is 73.8 Å². The van der Waals surface area contributed by atoms with Gasteiger partial charge in [0.05, 0.1) is 16.7 Å². The monoisotopic (exact) mass is 346 g/mol. The van der Waals surface area contributed by atoms with Crippen LogP contribution in [-0.4, -0.2) is 9.38 Å². The van der Waals surface area contributed by atoms with Crippen LogP contribution in [0.4, 0.5) is 0 Å². The molecule has 0 N–H and O–H groups in total. The molecular formula is C25H18N2. The molecule has 0 aliphatic rings. The fraction of sp³-hybridized carbons (Fsp3) is 0. The van der Waals surface area contributed by atoms with Crippen molar-refractivity contribution in [2.75, 3.05) is 0 Å². The van der Waals surface area contributed by atoms with Crippen molar-refractivity contribution in [3.8, 4) is 11.1 Å². The van der Waals surface area contributed by atoms with Crippen molar-refractivity contribution < 1.29 is 0 Å². The van der Waals surface area contributed by atoms with Gasteiger partial charge in [0.15, 0.2) is 0 Å². The summed E-state index contributed by atoms with van der Waals surface area (Å²) in [5, 5.41) is 2.26. The fourth-order valence-electron chi connectivity index (χ4n) is 3.90. The Kier molecular flexibility index (Phi) is 3.44. The maximum absolute atomic E-state index is 4.94. The standard InChI is InChI=1S/C25H18N2/c1-3-19-20-15-14-18(17-10-6-5-7-11-17)16-21(20)25-26-22-12-8-9-13-24(22)27(25)23(19)4-2/h3-16H,1-2H2. The molecule has 27 heavy (non-hydrogen) atoms. The third kappa shape index (κ3) is 2.24. The van der Waals surface area contributed by atoms with E-state index in [0.717, 1.165) is 38.7 Å². The second kappa shape index (κ2) is 5.96. The molecule has 0 aliphatic carbocycles. The number of nitrogens with zero attached hydrogens (tertiary/aromatic N) is 2. The molecule has 0 radical (unpaired) electrons. The van der Waals surface area contributed by atoms with E-state index in [-0.39, 0.29) is 0 Å². The van der Waals surface area contributed by atoms with Crippen LogP contribution in [0.3, 0.4) is 0 Å². The maximum Gasteiger partial charge on any atom is 0.146 e. The number of imidazole rings is 1. The van der Waals surface area contributed by atoms with Gasteiger partial charge in [-0.25, -0.2) is 4.98 Å². The van der Waals surface area contributed by atoms with Crippen LogP contribution in [0.5, 0.6) is 0 Å². The maximum atomic E-state index is 4.94. The minimum absolute atomic E-state index is 0.949. The average molecular weight is 346 g/mol. The van der Waals surface area contributed by atoms with Crippen LogP contribution in [0.25, 0.3) is 50.7 Å². The molecule has 0 atom stereocenters. The molecule has 0 saturated heterocycles. The van der Waals surface area contributed by atoms with E-state index in [4.69, 9.17) is 4.98 Å². The van der Waals surface area contributed by atoms with Crippen LogP contribution >= 0.6 is 0 Å². The van der Waals surface area contributed by atoms with Crippen molar-refractivity contribution in [1.29, 1.82) is 0 Å². The normalized spacial score (nSPS) is 11.3. The van der Waals surface area contributed by atoms with Crippen molar-refractivity contribution in [3.05, 3.63) is 97.2 Å². The Morgan fingerprint density at radius 1 is 0.741 bits per heavy atom. The Balaban J connectivity index is 2.00. The second-order valence-electron chi connectivity index (χ2n) is 6.59. The highest BCUT2D eigenvalue weighted by molar-refractivity contribution is 6.05. The first-order valence-electron chi connectivity index (χ1n) is 8.99. The van der Waals surface area contributed by atoms with Crippen molar-refractivity contribution in [2.45, 2.75) is 0 Å². The van der Waals surface area contributed by atoms with Crippen LogP contribution < -0.4 is 0 Å². The Morgan fingerprint density at radius 3 is 2.30 bits per heavy atom. The van der Waals surface area contributed by atoms with E-state index < -0.39 is 0 Å². The number of aromatic nitrogens is 2. The highest BCUT2D eigenvalue weighted by atomic mass is 15.0. The lowest BCUT2D eigenvalue weighted by Crippen LogP contribution is -1.97. The molecule has 0 aliphatic heterocycles. The van der Waals surface area contributed by atoms with E-state index in [1.807, 2.05) is 30.4 Å². The van der Waals surface area contributed by atoms with E-state index in [9.17, 15) is 0 Å². The molecule has 0 saturated carbocycles. The third-order valence-corrected chi connectivity index (χ3v) is 5.13. The SMILES string of the molecule is C=Cc1c(C=C)n2c3ccccc3nc2c2cc(-c3ccccc3)ccc12. The summed E-state index contributed by atoms with van der Waals surface area (Å²) < 4.78 is 2.19. The van der Waals surface area contributed by atoms with E-state index in [0.29, 0.717) is 0 Å². The van der Waals surface area contributed by atoms with Crippen LogP contribution in [0.2, 0.25) is 0 Å². The Morgan fingerprint density at radius 2 is 1.52 bits per heavy atom. The van der Waals surface area contributed by atoms with E-state index in [1.54, 1.807) is 0 Å². The second-order valence-corrected chi connectivity index (χ2v) is 6.59. The van der Waals surface area contributed by atoms with Crippen molar-refractivity contribution in [3.63, 3.8) is 0 Å². The molecule has 2 heterocycles. The number of pyridine rings is 1. The molecule has 2 heteroatoms. The first-order valence-corrected chi connectivity index (χ1v) is 8.99. The first kappa shape index (κ1) is 15.6. The van der Waals surface area contributed by atoms with E-state index in [2.05, 4.69) is 72.2 Å². The largest absolute Gasteiger partial charge is 0.292 e. The summed E-state index contributed by atoms with van der Waals surface area (Å²) in [5.41, 5.74) is 7.49. The van der Waals surface area contributed by atoms with Gasteiger partial charge >= 0.3 is 0 Å². The number of benzene rings is 3. The zero-order chi connectivity index (χ0) is 18.4. The van der Waals surface area contributed by atoms with Gasteiger partial charge in [0, 0.05) is 10.9 Å². The lowest BCUT2D eigenvalue weighted by atomic mass is 9.98. The topological polar surface area (TPSA) is 17.3 Å². The van der Waals surface area contributed by atoms with Crippen LogP contribution in [0.15, 0.2) is 86.0 Å². The number of hydrogen-bond donors (Lipinski definition) is 0. The summed E-state index contributed by atoms with van der Waals surface area (Å²) >= 11 is 0.